The third kappa shape index (κ3) is 1.99. The predicted octanol–water partition coefficient (Wildman–Crippen LogP) is 0.283. The molecule has 3 heterocycles. The number of primary amides is 1. The summed E-state index contributed by atoms with van der Waals surface area (Å²) >= 11 is 0. The summed E-state index contributed by atoms with van der Waals surface area (Å²) in [6.07, 6.45) is 1.46. The maximum absolute atomic E-state index is 11.4. The van der Waals surface area contributed by atoms with Gasteiger partial charge in [0.25, 0.3) is 5.91 Å². The van der Waals surface area contributed by atoms with Crippen LogP contribution in [0.15, 0.2) is 6.07 Å². The van der Waals surface area contributed by atoms with E-state index in [1.807, 2.05) is 0 Å². The van der Waals surface area contributed by atoms with Crippen molar-refractivity contribution in [1.29, 1.82) is 0 Å². The molecule has 0 aliphatic carbocycles. The highest BCUT2D eigenvalue weighted by Gasteiger charge is 2.25. The van der Waals surface area contributed by atoms with Crippen LogP contribution in [-0.2, 0) is 11.2 Å². The van der Waals surface area contributed by atoms with Crippen molar-refractivity contribution in [3.63, 3.8) is 0 Å². The Kier molecular flexibility index (Phi) is 2.79. The van der Waals surface area contributed by atoms with Crippen molar-refractivity contribution in [2.75, 3.05) is 19.8 Å². The number of amides is 1. The monoisotopic (exact) mass is 250 g/mol. The van der Waals surface area contributed by atoms with Crippen molar-refractivity contribution in [2.24, 2.45) is 5.73 Å². The molecular formula is C12H14N2O4. The molecule has 96 valence electrons. The van der Waals surface area contributed by atoms with Crippen molar-refractivity contribution >= 4 is 5.91 Å². The van der Waals surface area contributed by atoms with Crippen molar-refractivity contribution in [2.45, 2.75) is 18.9 Å². The molecule has 0 saturated carbocycles. The SMILES string of the molecule is NC(=O)c1cc2c(nc1OC1CCOC1)OCC2. The van der Waals surface area contributed by atoms with Crippen LogP contribution in [0.2, 0.25) is 0 Å². The minimum Gasteiger partial charge on any atom is -0.477 e. The molecule has 1 aromatic rings. The summed E-state index contributed by atoms with van der Waals surface area (Å²) in [6.45, 7) is 1.76. The molecule has 1 atom stereocenters. The van der Waals surface area contributed by atoms with Gasteiger partial charge in [0.15, 0.2) is 0 Å². The van der Waals surface area contributed by atoms with E-state index in [9.17, 15) is 4.79 Å². The van der Waals surface area contributed by atoms with E-state index >= 15 is 0 Å². The van der Waals surface area contributed by atoms with Crippen LogP contribution in [0.5, 0.6) is 11.8 Å². The molecule has 0 aromatic carbocycles. The van der Waals surface area contributed by atoms with E-state index in [1.54, 1.807) is 6.07 Å². The standard InChI is InChI=1S/C12H14N2O4/c13-10(15)9-5-7-1-4-17-11(7)14-12(9)18-8-2-3-16-6-8/h5,8H,1-4,6H2,(H2,13,15). The first-order chi connectivity index (χ1) is 8.74. The minimum atomic E-state index is -0.536. The lowest BCUT2D eigenvalue weighted by Gasteiger charge is -2.14. The predicted molar refractivity (Wildman–Crippen MR) is 61.8 cm³/mol. The van der Waals surface area contributed by atoms with Gasteiger partial charge in [0.05, 0.1) is 19.8 Å². The van der Waals surface area contributed by atoms with Crippen molar-refractivity contribution < 1.29 is 19.0 Å². The quantitative estimate of drug-likeness (QED) is 0.833. The zero-order valence-corrected chi connectivity index (χ0v) is 9.85. The third-order valence-corrected chi connectivity index (χ3v) is 3.07. The molecule has 2 aliphatic heterocycles. The second kappa shape index (κ2) is 4.45. The summed E-state index contributed by atoms with van der Waals surface area (Å²) < 4.78 is 16.3. The Labute approximate surface area is 104 Å². The Morgan fingerprint density at radius 3 is 3.11 bits per heavy atom. The van der Waals surface area contributed by atoms with Crippen LogP contribution in [-0.4, -0.2) is 36.8 Å². The molecule has 1 saturated heterocycles. The zero-order chi connectivity index (χ0) is 12.5. The van der Waals surface area contributed by atoms with Crippen LogP contribution >= 0.6 is 0 Å². The number of rotatable bonds is 3. The number of nitrogens with two attached hydrogens (primary N) is 1. The molecule has 1 fully saturated rings. The molecule has 2 aliphatic rings. The zero-order valence-electron chi connectivity index (χ0n) is 9.85. The summed E-state index contributed by atoms with van der Waals surface area (Å²) in [6, 6.07) is 1.71. The Morgan fingerprint density at radius 1 is 1.50 bits per heavy atom. The number of ether oxygens (including phenoxy) is 3. The summed E-state index contributed by atoms with van der Waals surface area (Å²) in [5.41, 5.74) is 6.56. The molecule has 1 aromatic heterocycles. The van der Waals surface area contributed by atoms with Gasteiger partial charge < -0.3 is 19.9 Å². The van der Waals surface area contributed by atoms with Gasteiger partial charge in [0.1, 0.15) is 11.7 Å². The first kappa shape index (κ1) is 11.3. The fourth-order valence-corrected chi connectivity index (χ4v) is 2.11. The van der Waals surface area contributed by atoms with Gasteiger partial charge in [-0.2, -0.15) is 4.98 Å². The third-order valence-electron chi connectivity index (χ3n) is 3.07. The van der Waals surface area contributed by atoms with Gasteiger partial charge in [-0.25, -0.2) is 0 Å². The van der Waals surface area contributed by atoms with Crippen LogP contribution < -0.4 is 15.2 Å². The van der Waals surface area contributed by atoms with Crippen molar-refractivity contribution in [3.8, 4) is 11.8 Å². The lowest BCUT2D eigenvalue weighted by molar-refractivity contribution is 0.0986. The molecule has 6 nitrogen and oxygen atoms in total. The molecule has 0 bridgehead atoms. The molecule has 0 radical (unpaired) electrons. The van der Waals surface area contributed by atoms with Gasteiger partial charge >= 0.3 is 0 Å². The van der Waals surface area contributed by atoms with E-state index < -0.39 is 5.91 Å². The number of hydrogen-bond acceptors (Lipinski definition) is 5. The van der Waals surface area contributed by atoms with Crippen LogP contribution in [0.3, 0.4) is 0 Å². The van der Waals surface area contributed by atoms with Gasteiger partial charge in [-0.05, 0) is 6.07 Å². The lowest BCUT2D eigenvalue weighted by Crippen LogP contribution is -2.21. The first-order valence-corrected chi connectivity index (χ1v) is 5.95. The lowest BCUT2D eigenvalue weighted by atomic mass is 10.1. The summed E-state index contributed by atoms with van der Waals surface area (Å²) in [7, 11) is 0. The van der Waals surface area contributed by atoms with E-state index in [2.05, 4.69) is 4.98 Å². The maximum atomic E-state index is 11.4. The molecule has 1 unspecified atom stereocenters. The molecule has 2 N–H and O–H groups in total. The normalized spacial score (nSPS) is 21.4. The highest BCUT2D eigenvalue weighted by molar-refractivity contribution is 5.95. The summed E-state index contributed by atoms with van der Waals surface area (Å²) in [5, 5.41) is 0. The number of hydrogen-bond donors (Lipinski definition) is 1. The Hall–Kier alpha value is -1.82. The minimum absolute atomic E-state index is 0.0740. The molecule has 3 rings (SSSR count). The summed E-state index contributed by atoms with van der Waals surface area (Å²) in [4.78, 5) is 15.7. The number of carbonyl (C=O) groups is 1. The Bertz CT molecular complexity index is 483. The van der Waals surface area contributed by atoms with Crippen molar-refractivity contribution in [3.05, 3.63) is 17.2 Å². The van der Waals surface area contributed by atoms with E-state index in [4.69, 9.17) is 19.9 Å². The molecule has 6 heteroatoms. The maximum Gasteiger partial charge on any atom is 0.254 e. The average molecular weight is 250 g/mol. The Balaban J connectivity index is 1.92. The second-order valence-electron chi connectivity index (χ2n) is 4.37. The van der Waals surface area contributed by atoms with E-state index in [1.165, 1.54) is 0 Å². The highest BCUT2D eigenvalue weighted by Crippen LogP contribution is 2.30. The van der Waals surface area contributed by atoms with Crippen LogP contribution in [0, 0.1) is 0 Å². The van der Waals surface area contributed by atoms with Crippen molar-refractivity contribution in [1.82, 2.24) is 4.98 Å². The summed E-state index contributed by atoms with van der Waals surface area (Å²) in [5.74, 6) is 0.249. The average Bonchev–Trinajstić information content (AvgIpc) is 2.97. The fraction of sp³-hybridized carbons (Fsp3) is 0.500. The Morgan fingerprint density at radius 2 is 2.39 bits per heavy atom. The molecule has 18 heavy (non-hydrogen) atoms. The van der Waals surface area contributed by atoms with Gasteiger partial charge in [-0.1, -0.05) is 0 Å². The van der Waals surface area contributed by atoms with Crippen LogP contribution in [0.25, 0.3) is 0 Å². The number of nitrogens with zero attached hydrogens (tertiary/aromatic N) is 1. The van der Waals surface area contributed by atoms with E-state index in [-0.39, 0.29) is 12.0 Å². The molecule has 1 amide bonds. The largest absolute Gasteiger partial charge is 0.477 e. The van der Waals surface area contributed by atoms with Gasteiger partial charge in [-0.3, -0.25) is 4.79 Å². The van der Waals surface area contributed by atoms with Gasteiger partial charge in [0.2, 0.25) is 11.8 Å². The second-order valence-corrected chi connectivity index (χ2v) is 4.37. The number of aromatic nitrogens is 1. The number of carbonyl (C=O) groups excluding carboxylic acids is 1. The number of fused-ring (bicyclic) bond motifs is 1. The smallest absolute Gasteiger partial charge is 0.254 e. The molecular weight excluding hydrogens is 236 g/mol. The van der Waals surface area contributed by atoms with Gasteiger partial charge in [0, 0.05) is 18.4 Å². The van der Waals surface area contributed by atoms with Gasteiger partial charge in [-0.15, -0.1) is 0 Å². The first-order valence-electron chi connectivity index (χ1n) is 5.95. The van der Waals surface area contributed by atoms with E-state index in [0.29, 0.717) is 31.3 Å². The van der Waals surface area contributed by atoms with E-state index in [0.717, 1.165) is 18.4 Å². The molecule has 0 spiro atoms. The topological polar surface area (TPSA) is 83.7 Å². The highest BCUT2D eigenvalue weighted by atomic mass is 16.6. The van der Waals surface area contributed by atoms with Crippen LogP contribution in [0.1, 0.15) is 22.3 Å². The van der Waals surface area contributed by atoms with Crippen LogP contribution in [0.4, 0.5) is 0 Å². The number of pyridine rings is 1. The fourth-order valence-electron chi connectivity index (χ4n) is 2.11.